The molecule has 8 unspecified atom stereocenters. The van der Waals surface area contributed by atoms with Crippen LogP contribution in [0.25, 0.3) is 0 Å². The Kier molecular flexibility index (Phi) is 42.5. The third-order valence-electron chi connectivity index (χ3n) is 20.3. The molecule has 0 spiro atoms. The summed E-state index contributed by atoms with van der Waals surface area (Å²) in [5.74, 6) is -1.34. The third-order valence-corrected chi connectivity index (χ3v) is 20.3. The highest BCUT2D eigenvalue weighted by atomic mass is 16.9. The number of aliphatic carboxylic acids is 1. The molecule has 5 aliphatic rings. The van der Waals surface area contributed by atoms with Crippen LogP contribution in [0.4, 0.5) is 0 Å². The summed E-state index contributed by atoms with van der Waals surface area (Å²) in [6.45, 7) is 35.1. The molecule has 105 heavy (non-hydrogen) atoms. The predicted molar refractivity (Wildman–Crippen MR) is 387 cm³/mol. The maximum atomic E-state index is 12.1. The molecule has 0 bridgehead atoms. The number of carboxylic acid groups (broad SMARTS) is 1. The lowest BCUT2D eigenvalue weighted by molar-refractivity contribution is -0.379. The van der Waals surface area contributed by atoms with Gasteiger partial charge in [0.15, 0.2) is 24.5 Å². The van der Waals surface area contributed by atoms with Gasteiger partial charge < -0.3 is 71.8 Å². The highest BCUT2D eigenvalue weighted by molar-refractivity contribution is 5.78. The van der Waals surface area contributed by atoms with E-state index in [2.05, 4.69) is 72.5 Å². The van der Waals surface area contributed by atoms with Crippen LogP contribution in [-0.4, -0.2) is 171 Å². The zero-order valence-electron chi connectivity index (χ0n) is 65.4. The molecule has 0 radical (unpaired) electrons. The lowest BCUT2D eigenvalue weighted by atomic mass is 9.79. The number of benzene rings is 2. The summed E-state index contributed by atoms with van der Waals surface area (Å²) < 4.78 is 76.7. The fourth-order valence-electron chi connectivity index (χ4n) is 12.5. The maximum Gasteiger partial charge on any atom is 0.399 e. The number of aliphatic imine (C=N–C) groups is 1. The molecular formula is C79H123NO25. The number of esters is 7. The molecule has 26 nitrogen and oxygen atoms in total. The molecule has 5 aliphatic heterocycles. The molecule has 20 atom stereocenters. The van der Waals surface area contributed by atoms with Crippen molar-refractivity contribution >= 4 is 59.4 Å². The van der Waals surface area contributed by atoms with Crippen molar-refractivity contribution in [3.05, 3.63) is 71.8 Å². The van der Waals surface area contributed by atoms with Gasteiger partial charge >= 0.3 is 53.7 Å². The van der Waals surface area contributed by atoms with Gasteiger partial charge in [-0.2, -0.15) is 0 Å². The standard InChI is InChI=1S/C24H36O5.C16H28O6.C14H21NO6.C13H22O5.C12H16O3/c1-17-18(2)23(16-28-20(4)25)29-24(19(17)3)27-15-9-8-12-22(26)14-13-21-10-6-5-7-11-21;1-10-11(2)14(9-21-13(4)17)22-16(12(10)3)20-8-6-5-7-15(18)19;1-7-8(2)13-14(20-11(5)17,19-9(3)15-13)21-12(7)6-18-10(4)16;1-7-8(2)12(6-16-10(4)14)18-13(9(7)3)17-11(5)15;13-9-5-4-8-12(14)15-10-11-6-2-1-3-7-11/h5-7,10-11,17-19,23-24H,8-9,12-16H2,1-4H3;10-12,14,16H,5-9H2,1-4H3,(H,18,19);7-8,12-13H,6H2,1-5H3;7-9,12-13H,6H2,1-5H3;1-3,6-7,13H,4-5,8-10H2/t17-,18+,19?,23?,24+;10-,11+,12?,14?,16+;7-,8+,12?,13?,14+;7-,8+,9?,12?,13+;/m0010./s1. The summed E-state index contributed by atoms with van der Waals surface area (Å²) in [5, 5.41) is 17.1. The monoisotopic (exact) mass is 1490 g/mol. The topological polar surface area (TPSA) is 336 Å². The van der Waals surface area contributed by atoms with E-state index in [1.165, 1.54) is 47.1 Å². The van der Waals surface area contributed by atoms with Gasteiger partial charge in [-0.1, -0.05) is 137 Å². The molecule has 7 rings (SSSR count). The van der Waals surface area contributed by atoms with Crippen molar-refractivity contribution in [2.24, 2.45) is 70.1 Å². The largest absolute Gasteiger partial charge is 0.481 e. The minimum atomic E-state index is -1.55. The van der Waals surface area contributed by atoms with Crippen molar-refractivity contribution < 1.29 is 120 Å². The van der Waals surface area contributed by atoms with Crippen LogP contribution < -0.4 is 0 Å². The van der Waals surface area contributed by atoms with Gasteiger partial charge in [0.05, 0.1) is 18.3 Å². The number of aryl methyl sites for hydroxylation is 1. The van der Waals surface area contributed by atoms with Crippen molar-refractivity contribution in [2.75, 3.05) is 46.2 Å². The van der Waals surface area contributed by atoms with Crippen LogP contribution in [0.5, 0.6) is 0 Å². The Hall–Kier alpha value is -6.94. The van der Waals surface area contributed by atoms with E-state index in [1.807, 2.05) is 69.3 Å². The minimum absolute atomic E-state index is 0.0381. The smallest absolute Gasteiger partial charge is 0.399 e. The number of aliphatic hydroxyl groups excluding tert-OH is 1. The molecule has 2 aromatic carbocycles. The second kappa shape index (κ2) is 48.4. The Morgan fingerprint density at radius 2 is 0.848 bits per heavy atom. The van der Waals surface area contributed by atoms with Gasteiger partial charge in [-0.3, -0.25) is 47.9 Å². The summed E-state index contributed by atoms with van der Waals surface area (Å²) in [4.78, 5) is 104. The molecule has 0 aromatic heterocycles. The zero-order valence-corrected chi connectivity index (χ0v) is 65.4. The molecular weight excluding hydrogens is 1360 g/mol. The van der Waals surface area contributed by atoms with Gasteiger partial charge in [0.2, 0.25) is 6.29 Å². The van der Waals surface area contributed by atoms with Crippen molar-refractivity contribution in [2.45, 2.75) is 257 Å². The zero-order chi connectivity index (χ0) is 78.5. The molecule has 5 heterocycles. The van der Waals surface area contributed by atoms with Crippen molar-refractivity contribution in [3.63, 3.8) is 0 Å². The number of fused-ring (bicyclic) bond motifs is 1. The van der Waals surface area contributed by atoms with E-state index in [0.29, 0.717) is 100 Å². The lowest BCUT2D eigenvalue weighted by Crippen LogP contribution is -2.59. The van der Waals surface area contributed by atoms with E-state index in [1.54, 1.807) is 6.92 Å². The Morgan fingerprint density at radius 1 is 0.438 bits per heavy atom. The number of rotatable bonds is 31. The fraction of sp³-hybridized carbons (Fsp3) is 0.722. The number of carbonyl (C=O) groups is 9. The molecule has 4 saturated heterocycles. The molecule has 26 heteroatoms. The van der Waals surface area contributed by atoms with E-state index in [4.69, 9.17) is 76.5 Å². The fourth-order valence-corrected chi connectivity index (χ4v) is 12.5. The maximum absolute atomic E-state index is 12.1. The molecule has 594 valence electrons. The van der Waals surface area contributed by atoms with Gasteiger partial charge in [0.25, 0.3) is 0 Å². The lowest BCUT2D eigenvalue weighted by Gasteiger charge is -2.45. The molecule has 0 aliphatic carbocycles. The number of ether oxygens (including phenoxy) is 14. The predicted octanol–water partition coefficient (Wildman–Crippen LogP) is 11.9. The van der Waals surface area contributed by atoms with Gasteiger partial charge in [-0.05, 0) is 103 Å². The number of aliphatic hydroxyl groups is 1. The minimum Gasteiger partial charge on any atom is -0.481 e. The first-order chi connectivity index (χ1) is 49.6. The molecule has 4 fully saturated rings. The number of ketones is 1. The third kappa shape index (κ3) is 33.8. The summed E-state index contributed by atoms with van der Waals surface area (Å²) in [6, 6.07) is 19.3. The Bertz CT molecular complexity index is 2970. The normalized spacial score (nSPS) is 29.2. The van der Waals surface area contributed by atoms with E-state index in [9.17, 15) is 43.2 Å². The first-order valence-electron chi connectivity index (χ1n) is 37.2. The highest BCUT2D eigenvalue weighted by Crippen LogP contribution is 2.44. The van der Waals surface area contributed by atoms with Gasteiger partial charge in [0.1, 0.15) is 44.9 Å². The Labute approximate surface area is 621 Å². The number of nitrogens with zero attached hydrogens (tertiary/aromatic N) is 1. The van der Waals surface area contributed by atoms with Crippen molar-refractivity contribution in [1.29, 1.82) is 0 Å². The van der Waals surface area contributed by atoms with Crippen molar-refractivity contribution in [1.82, 2.24) is 0 Å². The SMILES string of the molecule is CC(=O)OCC1O[C@@H](OC(C)=O)C(C)[C@@H](C)[C@H]1C.CC(=O)OCC1O[C@@H](OCCCCC(=O)CCc2ccccc2)C(C)[C@@H](C)[C@H]1C.CC(=O)OCC1O[C@@H](OCCCCC(=O)O)C(C)[C@@H](C)[C@H]1C.CC(=O)OCC1O[C@]2(OC(C)=O)OC(C)=NC2[C@@H](C)[C@H]1C.O=C(CCCCO)OCc1ccccc1. The first kappa shape index (κ1) is 92.3. The quantitative estimate of drug-likeness (QED) is 0.0402. The van der Waals surface area contributed by atoms with Crippen LogP contribution in [0.1, 0.15) is 200 Å². The van der Waals surface area contributed by atoms with Crippen LogP contribution in [0.15, 0.2) is 65.7 Å². The number of carbonyl (C=O) groups excluding carboxylic acids is 8. The van der Waals surface area contributed by atoms with Gasteiger partial charge in [-0.15, -0.1) is 0 Å². The highest BCUT2D eigenvalue weighted by Gasteiger charge is 2.60. The van der Waals surface area contributed by atoms with Crippen LogP contribution in [0.2, 0.25) is 0 Å². The van der Waals surface area contributed by atoms with Crippen LogP contribution in [-0.2, 0) is 122 Å². The first-order valence-corrected chi connectivity index (χ1v) is 37.2. The summed E-state index contributed by atoms with van der Waals surface area (Å²) in [5.41, 5.74) is 2.20. The van der Waals surface area contributed by atoms with Gasteiger partial charge in [0, 0.05) is 112 Å². The summed E-state index contributed by atoms with van der Waals surface area (Å²) in [6.07, 6.45) is 4.67. The number of hydrogen-bond donors (Lipinski definition) is 2. The average molecular weight is 1490 g/mol. The van der Waals surface area contributed by atoms with E-state index in [-0.39, 0.29) is 148 Å². The molecule has 0 amide bonds. The Morgan fingerprint density at radius 3 is 1.28 bits per heavy atom. The van der Waals surface area contributed by atoms with E-state index < -0.39 is 36.3 Å². The second-order valence-electron chi connectivity index (χ2n) is 28.3. The molecule has 2 aromatic rings. The Balaban J connectivity index is 0.000000346. The number of hydrogen-bond acceptors (Lipinski definition) is 25. The van der Waals surface area contributed by atoms with Crippen LogP contribution >= 0.6 is 0 Å². The number of unbranched alkanes of at least 4 members (excludes halogenated alkanes) is 3. The number of Topliss-reactive ketones (excluding diaryl/α,β-unsaturated/α-hetero) is 1. The average Bonchev–Trinajstić information content (AvgIpc) is 1.68. The van der Waals surface area contributed by atoms with Crippen LogP contribution in [0, 0.1) is 65.1 Å². The molecule has 0 saturated carbocycles. The van der Waals surface area contributed by atoms with Crippen molar-refractivity contribution in [3.8, 4) is 0 Å². The summed E-state index contributed by atoms with van der Waals surface area (Å²) in [7, 11) is 0. The van der Waals surface area contributed by atoms with Crippen LogP contribution in [0.3, 0.4) is 0 Å². The second-order valence-corrected chi connectivity index (χ2v) is 28.3. The molecule has 2 N–H and O–H groups in total. The summed E-state index contributed by atoms with van der Waals surface area (Å²) >= 11 is 0. The van der Waals surface area contributed by atoms with E-state index in [0.717, 1.165) is 24.8 Å². The number of carboxylic acids is 1. The van der Waals surface area contributed by atoms with Gasteiger partial charge in [-0.25, -0.2) is 4.99 Å². The van der Waals surface area contributed by atoms with E-state index >= 15 is 0 Å².